The molecule has 2 nitrogen and oxygen atoms in total. The molecule has 0 atom stereocenters. The highest BCUT2D eigenvalue weighted by atomic mass is 16.1. The number of hydrogen-bond acceptors (Lipinski definition) is 2. The highest BCUT2D eigenvalue weighted by Gasteiger charge is 2.15. The molecule has 0 amide bonds. The lowest BCUT2D eigenvalue weighted by Gasteiger charge is -2.20. The standard InChI is InChI=1S/C15H15NO/c17-11-13-7-3-5-12-6-4-8-14(15(12)13)16-9-1-2-10-16/h3-8,11H,1-2,9-10H2. The molecule has 0 spiro atoms. The molecule has 2 aromatic rings. The van der Waals surface area contributed by atoms with Crippen LogP contribution in [0.3, 0.4) is 0 Å². The third-order valence-corrected chi connectivity index (χ3v) is 3.49. The molecule has 0 N–H and O–H groups in total. The van der Waals surface area contributed by atoms with Crippen LogP contribution < -0.4 is 4.90 Å². The Bertz CT molecular complexity index is 551. The molecule has 2 heteroatoms. The number of rotatable bonds is 2. The summed E-state index contributed by atoms with van der Waals surface area (Å²) in [6.45, 7) is 2.21. The van der Waals surface area contributed by atoms with Crippen LogP contribution >= 0.6 is 0 Å². The number of carbonyl (C=O) groups is 1. The first-order chi connectivity index (χ1) is 8.40. The zero-order valence-corrected chi connectivity index (χ0v) is 9.73. The van der Waals surface area contributed by atoms with E-state index in [1.807, 2.05) is 12.1 Å². The minimum atomic E-state index is 0.796. The summed E-state index contributed by atoms with van der Waals surface area (Å²) in [4.78, 5) is 13.6. The third kappa shape index (κ3) is 1.70. The van der Waals surface area contributed by atoms with Crippen molar-refractivity contribution in [1.29, 1.82) is 0 Å². The van der Waals surface area contributed by atoms with Crippen molar-refractivity contribution in [1.82, 2.24) is 0 Å². The fraction of sp³-hybridized carbons (Fsp3) is 0.267. The van der Waals surface area contributed by atoms with E-state index < -0.39 is 0 Å². The Morgan fingerprint density at radius 1 is 1.00 bits per heavy atom. The highest BCUT2D eigenvalue weighted by Crippen LogP contribution is 2.31. The van der Waals surface area contributed by atoms with Crippen LogP contribution in [0.4, 0.5) is 5.69 Å². The van der Waals surface area contributed by atoms with E-state index >= 15 is 0 Å². The second-order valence-corrected chi connectivity index (χ2v) is 4.53. The molecule has 86 valence electrons. The van der Waals surface area contributed by atoms with E-state index in [1.54, 1.807) is 0 Å². The first kappa shape index (κ1) is 10.3. The number of anilines is 1. The molecule has 2 aromatic carbocycles. The summed E-state index contributed by atoms with van der Waals surface area (Å²) < 4.78 is 0. The quantitative estimate of drug-likeness (QED) is 0.731. The lowest BCUT2D eigenvalue weighted by atomic mass is 10.0. The predicted molar refractivity (Wildman–Crippen MR) is 70.8 cm³/mol. The molecule has 1 fully saturated rings. The number of carbonyl (C=O) groups excluding carboxylic acids is 1. The van der Waals surface area contributed by atoms with E-state index in [9.17, 15) is 4.79 Å². The summed E-state index contributed by atoms with van der Waals surface area (Å²) in [6.07, 6.45) is 3.46. The molecule has 0 aromatic heterocycles. The van der Waals surface area contributed by atoms with E-state index in [0.29, 0.717) is 0 Å². The Labute approximate surface area is 101 Å². The van der Waals surface area contributed by atoms with Gasteiger partial charge in [0, 0.05) is 29.7 Å². The molecule has 3 rings (SSSR count). The largest absolute Gasteiger partial charge is 0.371 e. The minimum absolute atomic E-state index is 0.796. The topological polar surface area (TPSA) is 20.3 Å². The van der Waals surface area contributed by atoms with Crippen molar-refractivity contribution >= 4 is 22.7 Å². The predicted octanol–water partition coefficient (Wildman–Crippen LogP) is 3.25. The molecule has 1 aliphatic heterocycles. The van der Waals surface area contributed by atoms with Crippen molar-refractivity contribution < 1.29 is 4.79 Å². The van der Waals surface area contributed by atoms with E-state index in [2.05, 4.69) is 29.2 Å². The molecule has 1 aliphatic rings. The monoisotopic (exact) mass is 225 g/mol. The summed E-state index contributed by atoms with van der Waals surface area (Å²) in [7, 11) is 0. The van der Waals surface area contributed by atoms with Crippen LogP contribution in [0.25, 0.3) is 10.8 Å². The van der Waals surface area contributed by atoms with Crippen LogP contribution in [0.2, 0.25) is 0 Å². The molecule has 0 aliphatic carbocycles. The summed E-state index contributed by atoms with van der Waals surface area (Å²) in [5.74, 6) is 0. The molecule has 0 unspecified atom stereocenters. The van der Waals surface area contributed by atoms with Gasteiger partial charge in [-0.2, -0.15) is 0 Å². The molecule has 17 heavy (non-hydrogen) atoms. The maximum Gasteiger partial charge on any atom is 0.150 e. The molecular weight excluding hydrogens is 210 g/mol. The van der Waals surface area contributed by atoms with Gasteiger partial charge < -0.3 is 4.90 Å². The fourth-order valence-corrected chi connectivity index (χ4v) is 2.67. The molecule has 1 heterocycles. The summed E-state index contributed by atoms with van der Waals surface area (Å²) >= 11 is 0. The third-order valence-electron chi connectivity index (χ3n) is 3.49. The lowest BCUT2D eigenvalue weighted by Crippen LogP contribution is -2.18. The van der Waals surface area contributed by atoms with E-state index in [1.165, 1.54) is 18.5 Å². The first-order valence-corrected chi connectivity index (χ1v) is 6.12. The van der Waals surface area contributed by atoms with Gasteiger partial charge in [-0.25, -0.2) is 0 Å². The van der Waals surface area contributed by atoms with Crippen molar-refractivity contribution in [3.63, 3.8) is 0 Å². The van der Waals surface area contributed by atoms with Crippen molar-refractivity contribution in [2.75, 3.05) is 18.0 Å². The summed E-state index contributed by atoms with van der Waals surface area (Å²) in [5.41, 5.74) is 2.01. The molecule has 0 bridgehead atoms. The molecular formula is C15H15NO. The second-order valence-electron chi connectivity index (χ2n) is 4.53. The Morgan fingerprint density at radius 3 is 2.41 bits per heavy atom. The number of benzene rings is 2. The van der Waals surface area contributed by atoms with Gasteiger partial charge in [0.1, 0.15) is 0 Å². The zero-order valence-electron chi connectivity index (χ0n) is 9.73. The van der Waals surface area contributed by atoms with Crippen LogP contribution in [0.5, 0.6) is 0 Å². The van der Waals surface area contributed by atoms with Gasteiger partial charge >= 0.3 is 0 Å². The average molecular weight is 225 g/mol. The van der Waals surface area contributed by atoms with E-state index in [-0.39, 0.29) is 0 Å². The first-order valence-electron chi connectivity index (χ1n) is 6.12. The summed E-state index contributed by atoms with van der Waals surface area (Å²) in [5, 5.41) is 2.26. The maximum absolute atomic E-state index is 11.2. The zero-order chi connectivity index (χ0) is 11.7. The average Bonchev–Trinajstić information content (AvgIpc) is 2.91. The number of hydrogen-bond donors (Lipinski definition) is 0. The van der Waals surface area contributed by atoms with Crippen LogP contribution in [-0.2, 0) is 0 Å². The Kier molecular flexibility index (Phi) is 2.56. The van der Waals surface area contributed by atoms with Crippen LogP contribution in [-0.4, -0.2) is 19.4 Å². The Hall–Kier alpha value is -1.83. The van der Waals surface area contributed by atoms with Gasteiger partial charge in [0.2, 0.25) is 0 Å². The van der Waals surface area contributed by atoms with Crippen LogP contribution in [0.1, 0.15) is 23.2 Å². The van der Waals surface area contributed by atoms with Gasteiger partial charge in [-0.1, -0.05) is 30.3 Å². The maximum atomic E-state index is 11.2. The Balaban J connectivity index is 2.26. The number of aldehydes is 1. The van der Waals surface area contributed by atoms with Crippen molar-refractivity contribution in [2.24, 2.45) is 0 Å². The normalized spacial score (nSPS) is 15.4. The van der Waals surface area contributed by atoms with Crippen molar-refractivity contribution in [2.45, 2.75) is 12.8 Å². The number of fused-ring (bicyclic) bond motifs is 1. The van der Waals surface area contributed by atoms with Crippen molar-refractivity contribution in [3.8, 4) is 0 Å². The van der Waals surface area contributed by atoms with E-state index in [4.69, 9.17) is 0 Å². The van der Waals surface area contributed by atoms with Gasteiger partial charge in [0.05, 0.1) is 0 Å². The fourth-order valence-electron chi connectivity index (χ4n) is 2.67. The molecule has 0 saturated carbocycles. The smallest absolute Gasteiger partial charge is 0.150 e. The van der Waals surface area contributed by atoms with Crippen LogP contribution in [0.15, 0.2) is 36.4 Å². The van der Waals surface area contributed by atoms with Gasteiger partial charge in [0.25, 0.3) is 0 Å². The SMILES string of the molecule is O=Cc1cccc2cccc(N3CCCC3)c12. The van der Waals surface area contributed by atoms with Gasteiger partial charge in [-0.3, -0.25) is 4.79 Å². The second kappa shape index (κ2) is 4.21. The minimum Gasteiger partial charge on any atom is -0.371 e. The van der Waals surface area contributed by atoms with E-state index in [0.717, 1.165) is 35.7 Å². The number of nitrogens with zero attached hydrogens (tertiary/aromatic N) is 1. The molecule has 1 saturated heterocycles. The Morgan fingerprint density at radius 2 is 1.71 bits per heavy atom. The van der Waals surface area contributed by atoms with Crippen LogP contribution in [0, 0.1) is 0 Å². The molecule has 0 radical (unpaired) electrons. The lowest BCUT2D eigenvalue weighted by molar-refractivity contribution is 0.112. The van der Waals surface area contributed by atoms with Gasteiger partial charge in [0.15, 0.2) is 6.29 Å². The van der Waals surface area contributed by atoms with Crippen molar-refractivity contribution in [3.05, 3.63) is 42.0 Å². The summed E-state index contributed by atoms with van der Waals surface area (Å²) in [6, 6.07) is 12.2. The highest BCUT2D eigenvalue weighted by molar-refractivity contribution is 6.05. The van der Waals surface area contributed by atoms with Gasteiger partial charge in [-0.15, -0.1) is 0 Å². The van der Waals surface area contributed by atoms with Gasteiger partial charge in [-0.05, 0) is 24.3 Å².